The Morgan fingerprint density at radius 2 is 0.627 bits per heavy atom. The molecule has 12 heterocycles. The molecule has 8 saturated heterocycles. The Hall–Kier alpha value is -12.7. The van der Waals surface area contributed by atoms with Crippen molar-refractivity contribution in [3.05, 3.63) is 190 Å². The van der Waals surface area contributed by atoms with E-state index < -0.39 is 58.8 Å². The fourth-order valence-corrected chi connectivity index (χ4v) is 17.9. The van der Waals surface area contributed by atoms with Crippen LogP contribution >= 0.6 is 46.4 Å². The van der Waals surface area contributed by atoms with Gasteiger partial charge in [-0.3, -0.25) is 29.4 Å². The number of likely N-dealkylation sites (tertiary alicyclic amines) is 4. The van der Waals surface area contributed by atoms with E-state index in [4.69, 9.17) is 84.3 Å². The van der Waals surface area contributed by atoms with Crippen molar-refractivity contribution >= 4 is 183 Å². The third-order valence-electron chi connectivity index (χ3n) is 23.4. The molecule has 0 unspecified atom stereocenters. The lowest BCUT2D eigenvalue weighted by Crippen LogP contribution is -2.65. The second-order valence-electron chi connectivity index (χ2n) is 31.4. The summed E-state index contributed by atoms with van der Waals surface area (Å²) in [5.41, 5.74) is 4.09. The van der Waals surface area contributed by atoms with Crippen LogP contribution in [0, 0.1) is 23.3 Å². The number of halogens is 8. The van der Waals surface area contributed by atoms with Gasteiger partial charge in [0.05, 0.1) is 140 Å². The smallest absolute Gasteiger partial charge is 0.415 e. The van der Waals surface area contributed by atoms with E-state index in [1.54, 1.807) is 117 Å². The number of likely N-dealkylation sites (N-methyl/N-ethyl adjacent to an activating group) is 4. The number of benzene rings is 8. The predicted molar refractivity (Wildman–Crippen MR) is 468 cm³/mol. The quantitative estimate of drug-likeness (QED) is 0.0516. The fraction of sp³-hybridized carbons (Fsp3) is 0.302. The summed E-state index contributed by atoms with van der Waals surface area (Å²) >= 11 is 23.6. The number of carbonyl (C=O) groups excluding carboxylic acids is 4. The van der Waals surface area contributed by atoms with Gasteiger partial charge in [0.2, 0.25) is 0 Å². The zero-order valence-electron chi connectivity index (χ0n) is 69.1. The van der Waals surface area contributed by atoms with Crippen LogP contribution < -0.4 is 59.8 Å². The van der Waals surface area contributed by atoms with Gasteiger partial charge in [-0.1, -0.05) is 70.7 Å². The summed E-state index contributed by atoms with van der Waals surface area (Å²) in [6.45, 7) is 9.29. The molecule has 4 aromatic heterocycles. The third kappa shape index (κ3) is 15.7. The monoisotopic (exact) mass is 1800 g/mol. The second kappa shape index (κ2) is 34.3. The average Bonchev–Trinajstić information content (AvgIpc) is 1.57. The highest BCUT2D eigenvalue weighted by Crippen LogP contribution is 2.49. The van der Waals surface area contributed by atoms with Gasteiger partial charge in [0, 0.05) is 98.2 Å². The predicted octanol–water partition coefficient (Wildman–Crippen LogP) is 16.0. The zero-order valence-corrected chi connectivity index (χ0v) is 72.1. The van der Waals surface area contributed by atoms with E-state index in [2.05, 4.69) is 80.7 Å². The molecule has 8 aliphatic heterocycles. The molecule has 0 aliphatic carbocycles. The van der Waals surface area contributed by atoms with Crippen LogP contribution in [0.4, 0.5) is 106 Å². The Morgan fingerprint density at radius 1 is 0.365 bits per heavy atom. The van der Waals surface area contributed by atoms with Crippen molar-refractivity contribution in [2.75, 3.05) is 150 Å². The average molecular weight is 1800 g/mol. The molecule has 8 aliphatic rings. The Balaban J connectivity index is 0.000000119. The van der Waals surface area contributed by atoms with Crippen molar-refractivity contribution in [2.45, 2.75) is 61.4 Å². The van der Waals surface area contributed by atoms with Gasteiger partial charge in [-0.05, 0) is 115 Å². The molecule has 4 N–H and O–H groups in total. The summed E-state index contributed by atoms with van der Waals surface area (Å²) < 4.78 is 103. The summed E-state index contributed by atoms with van der Waals surface area (Å²) in [7, 11) is 14.1. The zero-order chi connectivity index (χ0) is 88.6. The highest BCUT2D eigenvalue weighted by Gasteiger charge is 2.60. The first-order valence-corrected chi connectivity index (χ1v) is 41.0. The van der Waals surface area contributed by atoms with Crippen molar-refractivity contribution in [1.82, 2.24) is 59.5 Å². The van der Waals surface area contributed by atoms with Gasteiger partial charge in [-0.25, -0.2) is 76.6 Å². The molecule has 32 nitrogen and oxygen atoms in total. The molecule has 652 valence electrons. The standard InChI is InChI=1S/2C22H21ClFN5O3.2C21H19ClFN5O3/c2*1-12-22(9-28(2)10-22)32-21(30)29(12)17-7-13-16(8-18(17)31-3)25-11-26-20(13)27-15-6-4-5-14(23)19(15)24;2*1-27-8-16-18(9-27)31-21(29)28(16)15-6-11-14(7-17(15)30-2)24-10-25-20(11)26-13-5-3-4-12(22)19(13)23/h2*4-8,11-12H,9-10H2,1-3H3,(H,25,26,27);2*3-7,10,16,18H,8-9H2,1-2H3,(H,24,25,26)/t2*12-;2*16-,18+/m1010/s1. The largest absolute Gasteiger partial charge is 0.494 e. The van der Waals surface area contributed by atoms with Crippen LogP contribution in [0.15, 0.2) is 147 Å². The van der Waals surface area contributed by atoms with Crippen LogP contribution in [0.2, 0.25) is 20.1 Å². The maximum atomic E-state index is 14.5. The molecule has 0 radical (unpaired) electrons. The topological polar surface area (TPSA) is 319 Å². The summed E-state index contributed by atoms with van der Waals surface area (Å²) in [4.78, 5) is 100. The van der Waals surface area contributed by atoms with Crippen molar-refractivity contribution in [1.29, 1.82) is 0 Å². The van der Waals surface area contributed by atoms with E-state index in [1.165, 1.54) is 78.0 Å². The number of anilines is 12. The molecule has 12 aromatic rings. The Morgan fingerprint density at radius 3 is 0.881 bits per heavy atom. The minimum Gasteiger partial charge on any atom is -0.494 e. The van der Waals surface area contributed by atoms with E-state index in [1.807, 2.05) is 42.0 Å². The molecule has 0 bridgehead atoms. The van der Waals surface area contributed by atoms with Crippen LogP contribution in [-0.4, -0.2) is 240 Å². The normalized spacial score (nSPS) is 20.3. The lowest BCUT2D eigenvalue weighted by molar-refractivity contribution is -0.0762. The first kappa shape index (κ1) is 85.5. The first-order valence-electron chi connectivity index (χ1n) is 39.5. The molecular weight excluding hydrogens is 1720 g/mol. The number of nitrogens with zero attached hydrogens (tertiary/aromatic N) is 16. The Kier molecular flexibility index (Phi) is 23.3. The lowest BCUT2D eigenvalue weighted by Gasteiger charge is -2.46. The SMILES string of the molecule is COc1cc2ncnc(Nc3cccc(Cl)c3F)c2cc1N1C(=O)OC2(CN(C)C2)[C@@H]1C.COc1cc2ncnc(Nc3cccc(Cl)c3F)c2cc1N1C(=O)OC2(CN(C)C2)[C@H]1C.COc1cc2ncnc(Nc3cccc(Cl)c3F)c2cc1N1C(=O)O[C@@H]2CN(C)C[C@@H]21.COc1cc2ncnc(Nc3cccc(Cl)c3F)c2cc1N1C(=O)O[C@H]2CN(C)C[C@H]21. The molecule has 4 amide bonds. The van der Waals surface area contributed by atoms with E-state index in [-0.39, 0.29) is 79.2 Å². The van der Waals surface area contributed by atoms with Crippen molar-refractivity contribution in [3.8, 4) is 23.0 Å². The van der Waals surface area contributed by atoms with Crippen molar-refractivity contribution in [2.24, 2.45) is 0 Å². The van der Waals surface area contributed by atoms with Gasteiger partial charge in [0.25, 0.3) is 0 Å². The molecular formula is C86H80Cl4F4N20O12. The van der Waals surface area contributed by atoms with Crippen LogP contribution in [0.5, 0.6) is 23.0 Å². The van der Waals surface area contributed by atoms with Gasteiger partial charge >= 0.3 is 24.4 Å². The molecule has 20 rings (SSSR count). The maximum absolute atomic E-state index is 14.5. The van der Waals surface area contributed by atoms with Crippen LogP contribution in [-0.2, 0) is 18.9 Å². The Bertz CT molecular complexity index is 5980. The molecule has 0 saturated carbocycles. The summed E-state index contributed by atoms with van der Waals surface area (Å²) in [5.74, 6) is 1.10. The number of carbonyl (C=O) groups is 4. The van der Waals surface area contributed by atoms with Crippen LogP contribution in [0.25, 0.3) is 43.6 Å². The highest BCUT2D eigenvalue weighted by atomic mass is 35.5. The first-order chi connectivity index (χ1) is 60.6. The van der Waals surface area contributed by atoms with Gasteiger partial charge in [-0.15, -0.1) is 0 Å². The number of methoxy groups -OCH3 is 4. The summed E-state index contributed by atoms with van der Waals surface area (Å²) in [6.07, 6.45) is 3.37. The number of fused-ring (bicyclic) bond motifs is 6. The van der Waals surface area contributed by atoms with E-state index in [9.17, 15) is 36.7 Å². The van der Waals surface area contributed by atoms with Gasteiger partial charge < -0.3 is 69.0 Å². The number of ether oxygens (including phenoxy) is 8. The molecule has 126 heavy (non-hydrogen) atoms. The minimum atomic E-state index is -0.581. The Labute approximate surface area is 737 Å². The number of amides is 4. The third-order valence-corrected chi connectivity index (χ3v) is 24.6. The number of hydrogen-bond acceptors (Lipinski definition) is 28. The second-order valence-corrected chi connectivity index (χ2v) is 33.1. The number of rotatable bonds is 16. The van der Waals surface area contributed by atoms with E-state index in [0.717, 1.165) is 0 Å². The highest BCUT2D eigenvalue weighted by molar-refractivity contribution is 6.32. The number of aromatic nitrogens is 8. The lowest BCUT2D eigenvalue weighted by atomic mass is 9.87. The summed E-state index contributed by atoms with van der Waals surface area (Å²) in [5, 5.41) is 14.3. The molecule has 40 heteroatoms. The van der Waals surface area contributed by atoms with Gasteiger partial charge in [0.15, 0.2) is 34.5 Å². The fourth-order valence-electron chi connectivity index (χ4n) is 17.2. The summed E-state index contributed by atoms with van der Waals surface area (Å²) in [6, 6.07) is 32.0. The van der Waals surface area contributed by atoms with E-state index in [0.29, 0.717) is 165 Å². The van der Waals surface area contributed by atoms with E-state index >= 15 is 0 Å². The molecule has 8 aromatic carbocycles. The van der Waals surface area contributed by atoms with Crippen LogP contribution in [0.1, 0.15) is 13.8 Å². The molecule has 8 fully saturated rings. The molecule has 2 spiro atoms. The number of hydrogen-bond donors (Lipinski definition) is 4. The number of nitrogens with one attached hydrogen (secondary N) is 4. The van der Waals surface area contributed by atoms with Crippen molar-refractivity contribution < 1.29 is 74.6 Å². The molecule has 6 atom stereocenters. The van der Waals surface area contributed by atoms with Crippen LogP contribution in [0.3, 0.4) is 0 Å². The maximum Gasteiger partial charge on any atom is 0.415 e. The van der Waals surface area contributed by atoms with Crippen molar-refractivity contribution in [3.63, 3.8) is 0 Å². The minimum absolute atomic E-state index is 0.000112. The van der Waals surface area contributed by atoms with Gasteiger partial charge in [-0.2, -0.15) is 0 Å². The van der Waals surface area contributed by atoms with Gasteiger partial charge in [0.1, 0.15) is 83.8 Å².